The summed E-state index contributed by atoms with van der Waals surface area (Å²) in [5.74, 6) is 0. The Labute approximate surface area is 82.2 Å². The van der Waals surface area contributed by atoms with Crippen LogP contribution in [0.5, 0.6) is 0 Å². The van der Waals surface area contributed by atoms with Crippen molar-refractivity contribution >= 4 is 24.6 Å². The summed E-state index contributed by atoms with van der Waals surface area (Å²) >= 11 is 0.264. The number of halogens is 2. The molecular formula is C8H11ClFNS. The summed E-state index contributed by atoms with van der Waals surface area (Å²) in [6.45, 7) is 0.641. The van der Waals surface area contributed by atoms with Crippen molar-refractivity contribution in [2.24, 2.45) is 5.73 Å². The molecule has 1 aromatic rings. The minimum Gasteiger partial charge on any atom is -0.330 e. The average molecular weight is 208 g/mol. The predicted molar refractivity (Wildman–Crippen MR) is 53.4 cm³/mol. The molecule has 0 aliphatic heterocycles. The first-order valence-corrected chi connectivity index (χ1v) is 4.16. The van der Waals surface area contributed by atoms with Crippen LogP contribution in [0.25, 0.3) is 0 Å². The van der Waals surface area contributed by atoms with E-state index in [4.69, 9.17) is 5.73 Å². The molecule has 0 aromatic heterocycles. The van der Waals surface area contributed by atoms with E-state index in [0.717, 1.165) is 12.0 Å². The van der Waals surface area contributed by atoms with Crippen molar-refractivity contribution < 1.29 is 3.89 Å². The molecule has 0 bridgehead atoms. The van der Waals surface area contributed by atoms with Crippen molar-refractivity contribution in [3.63, 3.8) is 0 Å². The smallest absolute Gasteiger partial charge is 0.0812 e. The van der Waals surface area contributed by atoms with Crippen LogP contribution in [0.3, 0.4) is 0 Å². The zero-order valence-electron chi connectivity index (χ0n) is 6.50. The van der Waals surface area contributed by atoms with Crippen LogP contribution >= 0.6 is 24.6 Å². The highest BCUT2D eigenvalue weighted by Crippen LogP contribution is 2.18. The fourth-order valence-corrected chi connectivity index (χ4v) is 1.11. The standard InChI is InChI=1S/C8H10FNS.ClH/c9-11-8-3-1-7(2-4-8)5-6-10;/h1-4H,5-6,10H2;1H. The Kier molecular flexibility index (Phi) is 6.16. The van der Waals surface area contributed by atoms with Crippen LogP contribution < -0.4 is 5.73 Å². The second-order valence-corrected chi connectivity index (χ2v) is 2.89. The summed E-state index contributed by atoms with van der Waals surface area (Å²) in [5.41, 5.74) is 6.51. The molecule has 1 aromatic carbocycles. The maximum atomic E-state index is 11.9. The Morgan fingerprint density at radius 2 is 1.83 bits per heavy atom. The normalized spacial score (nSPS) is 9.17. The molecule has 68 valence electrons. The fourth-order valence-electron chi connectivity index (χ4n) is 0.874. The van der Waals surface area contributed by atoms with Crippen LogP contribution in [0, 0.1) is 0 Å². The Bertz CT molecular complexity index is 215. The molecular weight excluding hydrogens is 197 g/mol. The molecule has 1 rings (SSSR count). The lowest BCUT2D eigenvalue weighted by Crippen LogP contribution is -2.02. The molecule has 0 heterocycles. The lowest BCUT2D eigenvalue weighted by Gasteiger charge is -1.97. The van der Waals surface area contributed by atoms with Gasteiger partial charge in [-0.3, -0.25) is 0 Å². The van der Waals surface area contributed by atoms with E-state index >= 15 is 0 Å². The van der Waals surface area contributed by atoms with Gasteiger partial charge in [0.25, 0.3) is 0 Å². The van der Waals surface area contributed by atoms with Crippen LogP contribution in [-0.4, -0.2) is 6.54 Å². The highest BCUT2D eigenvalue weighted by molar-refractivity contribution is 7.94. The summed E-state index contributed by atoms with van der Waals surface area (Å²) in [5, 5.41) is 0. The van der Waals surface area contributed by atoms with Crippen molar-refractivity contribution in [1.29, 1.82) is 0 Å². The minimum atomic E-state index is 0. The molecule has 4 heteroatoms. The van der Waals surface area contributed by atoms with Gasteiger partial charge in [0.05, 0.1) is 12.1 Å². The van der Waals surface area contributed by atoms with E-state index in [2.05, 4.69) is 0 Å². The van der Waals surface area contributed by atoms with E-state index in [1.807, 2.05) is 12.1 Å². The molecule has 2 N–H and O–H groups in total. The van der Waals surface area contributed by atoms with Crippen molar-refractivity contribution in [2.45, 2.75) is 11.3 Å². The van der Waals surface area contributed by atoms with Gasteiger partial charge in [-0.15, -0.1) is 12.4 Å². The van der Waals surface area contributed by atoms with E-state index in [9.17, 15) is 3.89 Å². The molecule has 0 fully saturated rings. The number of benzene rings is 1. The zero-order chi connectivity index (χ0) is 8.10. The van der Waals surface area contributed by atoms with Gasteiger partial charge in [0.1, 0.15) is 0 Å². The topological polar surface area (TPSA) is 26.0 Å². The van der Waals surface area contributed by atoms with Crippen LogP contribution in [0.4, 0.5) is 3.89 Å². The summed E-state index contributed by atoms with van der Waals surface area (Å²) < 4.78 is 11.9. The Morgan fingerprint density at radius 1 is 1.25 bits per heavy atom. The number of nitrogens with two attached hydrogens (primary N) is 1. The van der Waals surface area contributed by atoms with Crippen LogP contribution in [0.15, 0.2) is 29.2 Å². The summed E-state index contributed by atoms with van der Waals surface area (Å²) in [4.78, 5) is 0.644. The second-order valence-electron chi connectivity index (χ2n) is 2.26. The van der Waals surface area contributed by atoms with Crippen LogP contribution in [0.2, 0.25) is 0 Å². The summed E-state index contributed by atoms with van der Waals surface area (Å²) in [6, 6.07) is 7.31. The first kappa shape index (κ1) is 11.8. The quantitative estimate of drug-likeness (QED) is 0.825. The van der Waals surface area contributed by atoms with E-state index in [0.29, 0.717) is 11.4 Å². The Hall–Kier alpha value is -0.250. The van der Waals surface area contributed by atoms with E-state index in [1.165, 1.54) is 0 Å². The molecule has 0 aliphatic carbocycles. The van der Waals surface area contributed by atoms with Gasteiger partial charge in [0.2, 0.25) is 0 Å². The zero-order valence-corrected chi connectivity index (χ0v) is 8.13. The molecule has 0 spiro atoms. The summed E-state index contributed by atoms with van der Waals surface area (Å²) in [6.07, 6.45) is 0.858. The van der Waals surface area contributed by atoms with E-state index < -0.39 is 0 Å². The number of hydrogen-bond donors (Lipinski definition) is 1. The maximum Gasteiger partial charge on any atom is 0.0812 e. The van der Waals surface area contributed by atoms with Gasteiger partial charge in [0.15, 0.2) is 0 Å². The molecule has 0 saturated carbocycles. The second kappa shape index (κ2) is 6.29. The molecule has 12 heavy (non-hydrogen) atoms. The third-order valence-corrected chi connectivity index (χ3v) is 1.90. The van der Waals surface area contributed by atoms with Crippen molar-refractivity contribution in [3.8, 4) is 0 Å². The minimum absolute atomic E-state index is 0. The molecule has 0 saturated heterocycles. The predicted octanol–water partition coefficient (Wildman–Crippen LogP) is 2.59. The van der Waals surface area contributed by atoms with Gasteiger partial charge in [-0.2, -0.15) is 3.89 Å². The molecule has 0 amide bonds. The largest absolute Gasteiger partial charge is 0.330 e. The third-order valence-electron chi connectivity index (χ3n) is 1.45. The SMILES string of the molecule is Cl.NCCc1ccc(SF)cc1. The first-order valence-electron chi connectivity index (χ1n) is 3.44. The van der Waals surface area contributed by atoms with Crippen LogP contribution in [0.1, 0.15) is 5.56 Å². The molecule has 0 radical (unpaired) electrons. The lowest BCUT2D eigenvalue weighted by atomic mass is 10.2. The van der Waals surface area contributed by atoms with Gasteiger partial charge in [-0.05, 0) is 30.7 Å². The average Bonchev–Trinajstić information content (AvgIpc) is 2.07. The maximum absolute atomic E-state index is 11.9. The lowest BCUT2D eigenvalue weighted by molar-refractivity contribution is 0.932. The third kappa shape index (κ3) is 3.43. The van der Waals surface area contributed by atoms with Gasteiger partial charge in [-0.25, -0.2) is 0 Å². The Balaban J connectivity index is 0.00000121. The van der Waals surface area contributed by atoms with E-state index in [1.54, 1.807) is 12.1 Å². The van der Waals surface area contributed by atoms with E-state index in [-0.39, 0.29) is 24.6 Å². The molecule has 0 aliphatic rings. The highest BCUT2D eigenvalue weighted by atomic mass is 35.5. The fraction of sp³-hybridized carbons (Fsp3) is 0.250. The Morgan fingerprint density at radius 3 is 2.25 bits per heavy atom. The van der Waals surface area contributed by atoms with Gasteiger partial charge < -0.3 is 5.73 Å². The number of rotatable bonds is 3. The van der Waals surface area contributed by atoms with Crippen molar-refractivity contribution in [3.05, 3.63) is 29.8 Å². The highest BCUT2D eigenvalue weighted by Gasteiger charge is 1.93. The molecule has 1 nitrogen and oxygen atoms in total. The van der Waals surface area contributed by atoms with Crippen LogP contribution in [-0.2, 0) is 6.42 Å². The van der Waals surface area contributed by atoms with Gasteiger partial charge >= 0.3 is 0 Å². The first-order chi connectivity index (χ1) is 5.36. The monoisotopic (exact) mass is 207 g/mol. The van der Waals surface area contributed by atoms with Gasteiger partial charge in [0, 0.05) is 4.90 Å². The van der Waals surface area contributed by atoms with Gasteiger partial charge in [-0.1, -0.05) is 12.1 Å². The number of hydrogen-bond acceptors (Lipinski definition) is 2. The van der Waals surface area contributed by atoms with Crippen molar-refractivity contribution in [1.82, 2.24) is 0 Å². The molecule has 0 atom stereocenters. The molecule has 0 unspecified atom stereocenters. The van der Waals surface area contributed by atoms with Crippen molar-refractivity contribution in [2.75, 3.05) is 6.54 Å². The summed E-state index contributed by atoms with van der Waals surface area (Å²) in [7, 11) is 0.